The van der Waals surface area contributed by atoms with E-state index in [1.807, 2.05) is 24.0 Å². The van der Waals surface area contributed by atoms with E-state index in [9.17, 15) is 0 Å². The van der Waals surface area contributed by atoms with E-state index in [0.717, 1.165) is 12.3 Å². The number of rotatable bonds is 3. The number of hydrogen-bond acceptors (Lipinski definition) is 3. The Labute approximate surface area is 101 Å². The minimum Gasteiger partial charge on any atom is -0.368 e. The molecule has 1 aliphatic rings. The minimum atomic E-state index is 0. The Morgan fingerprint density at radius 2 is 2.07 bits per heavy atom. The van der Waals surface area contributed by atoms with Gasteiger partial charge in [0.1, 0.15) is 5.50 Å². The predicted octanol–water partition coefficient (Wildman–Crippen LogP) is 2.33. The molecule has 1 heterocycles. The largest absolute Gasteiger partial charge is 0.368 e. The van der Waals surface area contributed by atoms with Gasteiger partial charge in [0.2, 0.25) is 0 Å². The van der Waals surface area contributed by atoms with E-state index in [0.29, 0.717) is 5.50 Å². The molecule has 2 N–H and O–H groups in total. The van der Waals surface area contributed by atoms with Gasteiger partial charge in [0.25, 0.3) is 0 Å². The zero-order valence-corrected chi connectivity index (χ0v) is 9.98. The zero-order valence-electron chi connectivity index (χ0n) is 8.35. The molecule has 0 spiro atoms. The number of halogens is 1. The Morgan fingerprint density at radius 1 is 1.27 bits per heavy atom. The first-order valence-corrected chi connectivity index (χ1v) is 5.80. The van der Waals surface area contributed by atoms with Crippen molar-refractivity contribution in [1.82, 2.24) is 10.6 Å². The number of nitrogens with one attached hydrogen (secondary N) is 2. The first-order valence-electron chi connectivity index (χ1n) is 4.75. The molecule has 82 valence electrons. The summed E-state index contributed by atoms with van der Waals surface area (Å²) in [5.41, 5.74) is 1.72. The standard InChI is InChI=1S/C11H14N2S.ClH/c1-2-5-10(6-3-1)9-14-11-12-7-4-8-13-11;/h1-7,11-13H,8-9H2;1H. The second-order valence-electron chi connectivity index (χ2n) is 3.15. The third-order valence-electron chi connectivity index (χ3n) is 2.05. The summed E-state index contributed by atoms with van der Waals surface area (Å²) in [4.78, 5) is 0. The van der Waals surface area contributed by atoms with Gasteiger partial charge in [-0.05, 0) is 11.8 Å². The van der Waals surface area contributed by atoms with Crippen molar-refractivity contribution in [3.63, 3.8) is 0 Å². The van der Waals surface area contributed by atoms with Gasteiger partial charge < -0.3 is 5.32 Å². The molecule has 2 rings (SSSR count). The molecule has 0 aromatic heterocycles. The fourth-order valence-corrected chi connectivity index (χ4v) is 2.25. The highest BCUT2D eigenvalue weighted by molar-refractivity contribution is 7.99. The Hall–Kier alpha value is -0.640. The molecular weight excluding hydrogens is 228 g/mol. The van der Waals surface area contributed by atoms with Crippen LogP contribution >= 0.6 is 24.2 Å². The van der Waals surface area contributed by atoms with Crippen LogP contribution in [0.1, 0.15) is 5.56 Å². The van der Waals surface area contributed by atoms with Gasteiger partial charge in [-0.1, -0.05) is 36.4 Å². The van der Waals surface area contributed by atoms with Crippen LogP contribution in [0.3, 0.4) is 0 Å². The predicted molar refractivity (Wildman–Crippen MR) is 69.1 cm³/mol. The lowest BCUT2D eigenvalue weighted by atomic mass is 10.2. The summed E-state index contributed by atoms with van der Waals surface area (Å²) in [5, 5.41) is 6.62. The molecule has 2 nitrogen and oxygen atoms in total. The van der Waals surface area contributed by atoms with Crippen LogP contribution in [0.2, 0.25) is 0 Å². The van der Waals surface area contributed by atoms with Gasteiger partial charge in [0.15, 0.2) is 0 Å². The van der Waals surface area contributed by atoms with Crippen molar-refractivity contribution in [3.05, 3.63) is 48.2 Å². The summed E-state index contributed by atoms with van der Waals surface area (Å²) in [6, 6.07) is 10.5. The topological polar surface area (TPSA) is 24.1 Å². The molecule has 0 saturated heterocycles. The molecule has 1 atom stereocenters. The van der Waals surface area contributed by atoms with Gasteiger partial charge in [0.05, 0.1) is 0 Å². The summed E-state index contributed by atoms with van der Waals surface area (Å²) in [6.45, 7) is 0.958. The molecule has 0 bridgehead atoms. The van der Waals surface area contributed by atoms with Crippen LogP contribution in [0.5, 0.6) is 0 Å². The van der Waals surface area contributed by atoms with E-state index in [2.05, 4.69) is 41.0 Å². The Kier molecular flexibility index (Phi) is 5.61. The van der Waals surface area contributed by atoms with Gasteiger partial charge in [-0.3, -0.25) is 5.32 Å². The third kappa shape index (κ3) is 4.16. The second kappa shape index (κ2) is 6.77. The lowest BCUT2D eigenvalue weighted by Gasteiger charge is -2.21. The van der Waals surface area contributed by atoms with E-state index < -0.39 is 0 Å². The average molecular weight is 243 g/mol. The molecule has 0 radical (unpaired) electrons. The summed E-state index contributed by atoms with van der Waals surface area (Å²) in [7, 11) is 0. The lowest BCUT2D eigenvalue weighted by Crippen LogP contribution is -2.39. The maximum absolute atomic E-state index is 3.35. The molecule has 4 heteroatoms. The van der Waals surface area contributed by atoms with Gasteiger partial charge in [-0.2, -0.15) is 0 Å². The average Bonchev–Trinajstić information content (AvgIpc) is 2.29. The van der Waals surface area contributed by atoms with E-state index in [-0.39, 0.29) is 12.4 Å². The van der Waals surface area contributed by atoms with Gasteiger partial charge in [0, 0.05) is 12.3 Å². The van der Waals surface area contributed by atoms with Crippen molar-refractivity contribution in [2.75, 3.05) is 6.54 Å². The van der Waals surface area contributed by atoms with Crippen molar-refractivity contribution >= 4 is 24.2 Å². The van der Waals surface area contributed by atoms with Crippen molar-refractivity contribution in [2.24, 2.45) is 0 Å². The van der Waals surface area contributed by atoms with Gasteiger partial charge in [-0.25, -0.2) is 0 Å². The Balaban J connectivity index is 0.00000112. The lowest BCUT2D eigenvalue weighted by molar-refractivity contribution is 0.621. The van der Waals surface area contributed by atoms with Crippen molar-refractivity contribution < 1.29 is 0 Å². The summed E-state index contributed by atoms with van der Waals surface area (Å²) in [5.74, 6) is 1.04. The third-order valence-corrected chi connectivity index (χ3v) is 3.18. The fourth-order valence-electron chi connectivity index (χ4n) is 1.31. The SMILES string of the molecule is C1=CNC(SCc2ccccc2)NC1.Cl. The monoisotopic (exact) mass is 242 g/mol. The quantitative estimate of drug-likeness (QED) is 0.851. The second-order valence-corrected chi connectivity index (χ2v) is 4.25. The number of benzene rings is 1. The maximum atomic E-state index is 3.35. The van der Waals surface area contributed by atoms with Crippen molar-refractivity contribution in [3.8, 4) is 0 Å². The molecule has 0 saturated carbocycles. The summed E-state index contributed by atoms with van der Waals surface area (Å²) in [6.07, 6.45) is 4.10. The van der Waals surface area contributed by atoms with E-state index >= 15 is 0 Å². The van der Waals surface area contributed by atoms with Crippen LogP contribution in [0.15, 0.2) is 42.6 Å². The Bertz CT molecular complexity index is 303. The molecule has 1 unspecified atom stereocenters. The van der Waals surface area contributed by atoms with Crippen molar-refractivity contribution in [1.29, 1.82) is 0 Å². The molecule has 0 amide bonds. The van der Waals surface area contributed by atoms with Crippen LogP contribution in [0.25, 0.3) is 0 Å². The molecule has 0 aliphatic carbocycles. The number of thioether (sulfide) groups is 1. The van der Waals surface area contributed by atoms with Gasteiger partial charge >= 0.3 is 0 Å². The smallest absolute Gasteiger partial charge is 0.125 e. The molecule has 0 fully saturated rings. The van der Waals surface area contributed by atoms with E-state index in [1.54, 1.807) is 0 Å². The zero-order chi connectivity index (χ0) is 9.64. The highest BCUT2D eigenvalue weighted by atomic mass is 35.5. The maximum Gasteiger partial charge on any atom is 0.125 e. The van der Waals surface area contributed by atoms with E-state index in [1.165, 1.54) is 5.56 Å². The molecule has 15 heavy (non-hydrogen) atoms. The van der Waals surface area contributed by atoms with Gasteiger partial charge in [-0.15, -0.1) is 24.2 Å². The molecule has 1 aromatic carbocycles. The molecule has 1 aromatic rings. The van der Waals surface area contributed by atoms with Crippen LogP contribution < -0.4 is 10.6 Å². The minimum absolute atomic E-state index is 0. The molecular formula is C11H15ClN2S. The van der Waals surface area contributed by atoms with Crippen LogP contribution in [0, 0.1) is 0 Å². The highest BCUT2D eigenvalue weighted by Crippen LogP contribution is 2.15. The summed E-state index contributed by atoms with van der Waals surface area (Å²) >= 11 is 1.88. The van der Waals surface area contributed by atoms with Crippen LogP contribution in [0.4, 0.5) is 0 Å². The first-order chi connectivity index (χ1) is 6.95. The summed E-state index contributed by atoms with van der Waals surface area (Å²) < 4.78 is 0. The van der Waals surface area contributed by atoms with Crippen LogP contribution in [-0.4, -0.2) is 12.0 Å². The molecule has 1 aliphatic heterocycles. The number of hydrogen-bond donors (Lipinski definition) is 2. The fraction of sp³-hybridized carbons (Fsp3) is 0.273. The van der Waals surface area contributed by atoms with E-state index in [4.69, 9.17) is 0 Å². The normalized spacial score (nSPS) is 19.1. The Morgan fingerprint density at radius 3 is 2.73 bits per heavy atom. The highest BCUT2D eigenvalue weighted by Gasteiger charge is 2.07. The van der Waals surface area contributed by atoms with Crippen molar-refractivity contribution in [2.45, 2.75) is 11.3 Å². The first kappa shape index (κ1) is 12.4. The van der Waals surface area contributed by atoms with Crippen LogP contribution in [-0.2, 0) is 5.75 Å².